The van der Waals surface area contributed by atoms with Crippen LogP contribution in [0.3, 0.4) is 0 Å². The van der Waals surface area contributed by atoms with Crippen molar-refractivity contribution in [1.29, 1.82) is 0 Å². The van der Waals surface area contributed by atoms with Crippen molar-refractivity contribution in [2.75, 3.05) is 24.7 Å². The van der Waals surface area contributed by atoms with Crippen LogP contribution in [0, 0.1) is 12.8 Å². The van der Waals surface area contributed by atoms with E-state index in [1.54, 1.807) is 0 Å². The third-order valence-electron chi connectivity index (χ3n) is 3.70. The van der Waals surface area contributed by atoms with Crippen LogP contribution in [-0.2, 0) is 14.8 Å². The highest BCUT2D eigenvalue weighted by molar-refractivity contribution is 7.88. The van der Waals surface area contributed by atoms with Crippen molar-refractivity contribution in [1.82, 2.24) is 4.31 Å². The van der Waals surface area contributed by atoms with Gasteiger partial charge in [-0.2, -0.15) is 0 Å². The minimum Gasteiger partial charge on any atom is -0.326 e. The number of rotatable bonds is 3. The van der Waals surface area contributed by atoms with E-state index in [0.717, 1.165) is 11.3 Å². The predicted molar refractivity (Wildman–Crippen MR) is 78.9 cm³/mol. The van der Waals surface area contributed by atoms with E-state index in [2.05, 4.69) is 5.32 Å². The van der Waals surface area contributed by atoms with Crippen LogP contribution in [0.1, 0.15) is 18.4 Å². The molecule has 6 heteroatoms. The zero-order valence-electron chi connectivity index (χ0n) is 11.8. The molecule has 1 aromatic rings. The molecule has 0 unspecified atom stereocenters. The van der Waals surface area contributed by atoms with Gasteiger partial charge in [-0.1, -0.05) is 18.2 Å². The second kappa shape index (κ2) is 5.93. The Kier molecular flexibility index (Phi) is 4.45. The molecule has 0 spiro atoms. The standard InChI is InChI=1S/C14H20N2O3S/c1-11-5-3-4-6-13(11)15-14(17)12-7-9-16(10-8-12)20(2,18)19/h3-6,12H,7-10H2,1-2H3,(H,15,17). The summed E-state index contributed by atoms with van der Waals surface area (Å²) in [6.07, 6.45) is 2.36. The minimum atomic E-state index is -3.14. The molecule has 110 valence electrons. The molecule has 2 rings (SSSR count). The fourth-order valence-corrected chi connectivity index (χ4v) is 3.27. The number of sulfonamides is 1. The molecule has 0 radical (unpaired) electrons. The van der Waals surface area contributed by atoms with Crippen molar-refractivity contribution >= 4 is 21.6 Å². The number of carbonyl (C=O) groups is 1. The van der Waals surface area contributed by atoms with Gasteiger partial charge in [-0.3, -0.25) is 4.79 Å². The van der Waals surface area contributed by atoms with Gasteiger partial charge in [-0.05, 0) is 31.4 Å². The van der Waals surface area contributed by atoms with Crippen molar-refractivity contribution in [2.24, 2.45) is 5.92 Å². The maximum absolute atomic E-state index is 12.2. The lowest BCUT2D eigenvalue weighted by atomic mass is 9.97. The average Bonchev–Trinajstić information content (AvgIpc) is 2.40. The van der Waals surface area contributed by atoms with Crippen molar-refractivity contribution in [2.45, 2.75) is 19.8 Å². The number of anilines is 1. The van der Waals surface area contributed by atoms with Crippen molar-refractivity contribution < 1.29 is 13.2 Å². The Bertz CT molecular complexity index is 590. The molecule has 0 aliphatic carbocycles. The third kappa shape index (κ3) is 3.58. The largest absolute Gasteiger partial charge is 0.326 e. The van der Waals surface area contributed by atoms with E-state index in [9.17, 15) is 13.2 Å². The van der Waals surface area contributed by atoms with E-state index in [1.165, 1.54) is 10.6 Å². The molecule has 1 aliphatic rings. The van der Waals surface area contributed by atoms with Crippen LogP contribution in [0.15, 0.2) is 24.3 Å². The van der Waals surface area contributed by atoms with Crippen LogP contribution in [0.2, 0.25) is 0 Å². The number of piperidine rings is 1. The van der Waals surface area contributed by atoms with E-state index in [1.807, 2.05) is 31.2 Å². The number of benzene rings is 1. The Morgan fingerprint density at radius 1 is 1.25 bits per heavy atom. The van der Waals surface area contributed by atoms with Gasteiger partial charge >= 0.3 is 0 Å². The normalized spacial score (nSPS) is 17.9. The minimum absolute atomic E-state index is 0.0209. The van der Waals surface area contributed by atoms with Gasteiger partial charge in [0.1, 0.15) is 0 Å². The van der Waals surface area contributed by atoms with Gasteiger partial charge in [0.25, 0.3) is 0 Å². The second-order valence-corrected chi connectivity index (χ2v) is 7.22. The maximum atomic E-state index is 12.2. The zero-order valence-corrected chi connectivity index (χ0v) is 12.6. The van der Waals surface area contributed by atoms with Gasteiger partial charge in [0.2, 0.25) is 15.9 Å². The Balaban J connectivity index is 1.94. The molecule has 1 N–H and O–H groups in total. The summed E-state index contributed by atoms with van der Waals surface area (Å²) in [6.45, 7) is 2.79. The summed E-state index contributed by atoms with van der Waals surface area (Å²) in [4.78, 5) is 12.2. The van der Waals surface area contributed by atoms with Crippen LogP contribution < -0.4 is 5.32 Å². The van der Waals surface area contributed by atoms with E-state index in [4.69, 9.17) is 0 Å². The first kappa shape index (κ1) is 15.0. The quantitative estimate of drug-likeness (QED) is 0.921. The molecule has 1 aromatic carbocycles. The summed E-state index contributed by atoms with van der Waals surface area (Å²) >= 11 is 0. The molecule has 5 nitrogen and oxygen atoms in total. The van der Waals surface area contributed by atoms with Crippen molar-refractivity contribution in [3.05, 3.63) is 29.8 Å². The second-order valence-electron chi connectivity index (χ2n) is 5.24. The van der Waals surface area contributed by atoms with Gasteiger partial charge in [-0.25, -0.2) is 12.7 Å². The Hall–Kier alpha value is -1.40. The van der Waals surface area contributed by atoms with E-state index in [-0.39, 0.29) is 11.8 Å². The number of hydrogen-bond acceptors (Lipinski definition) is 3. The predicted octanol–water partition coefficient (Wildman–Crippen LogP) is 1.61. The molecular formula is C14H20N2O3S. The summed E-state index contributed by atoms with van der Waals surface area (Å²) in [5.41, 5.74) is 1.84. The molecule has 20 heavy (non-hydrogen) atoms. The molecular weight excluding hydrogens is 276 g/mol. The lowest BCUT2D eigenvalue weighted by Crippen LogP contribution is -2.40. The third-order valence-corrected chi connectivity index (χ3v) is 5.00. The smallest absolute Gasteiger partial charge is 0.227 e. The number of carbonyl (C=O) groups excluding carboxylic acids is 1. The number of para-hydroxylation sites is 1. The zero-order chi connectivity index (χ0) is 14.8. The highest BCUT2D eigenvalue weighted by Crippen LogP contribution is 2.22. The number of aryl methyl sites for hydroxylation is 1. The summed E-state index contributed by atoms with van der Waals surface area (Å²) in [7, 11) is -3.14. The van der Waals surface area contributed by atoms with Crippen LogP contribution in [0.25, 0.3) is 0 Å². The molecule has 1 fully saturated rings. The van der Waals surface area contributed by atoms with Crippen molar-refractivity contribution in [3.63, 3.8) is 0 Å². The lowest BCUT2D eigenvalue weighted by Gasteiger charge is -2.29. The molecule has 1 saturated heterocycles. The topological polar surface area (TPSA) is 66.5 Å². The van der Waals surface area contributed by atoms with Gasteiger partial charge in [0, 0.05) is 24.7 Å². The van der Waals surface area contributed by atoms with Gasteiger partial charge in [-0.15, -0.1) is 0 Å². The SMILES string of the molecule is Cc1ccccc1NC(=O)C1CCN(S(C)(=O)=O)CC1. The molecule has 0 saturated carbocycles. The summed E-state index contributed by atoms with van der Waals surface area (Å²) in [5, 5.41) is 2.93. The number of amides is 1. The first-order chi connectivity index (χ1) is 9.38. The fraction of sp³-hybridized carbons (Fsp3) is 0.500. The monoisotopic (exact) mass is 296 g/mol. The first-order valence-corrected chi connectivity index (χ1v) is 8.54. The molecule has 0 bridgehead atoms. The summed E-state index contributed by atoms with van der Waals surface area (Å²) in [5.74, 6) is -0.139. The Morgan fingerprint density at radius 2 is 1.85 bits per heavy atom. The lowest BCUT2D eigenvalue weighted by molar-refractivity contribution is -0.120. The van der Waals surface area contributed by atoms with Crippen molar-refractivity contribution in [3.8, 4) is 0 Å². The first-order valence-electron chi connectivity index (χ1n) is 6.69. The highest BCUT2D eigenvalue weighted by atomic mass is 32.2. The molecule has 1 aliphatic heterocycles. The number of nitrogens with zero attached hydrogens (tertiary/aromatic N) is 1. The van der Waals surface area contributed by atoms with Crippen LogP contribution >= 0.6 is 0 Å². The van der Waals surface area contributed by atoms with E-state index >= 15 is 0 Å². The van der Waals surface area contributed by atoms with Crippen LogP contribution in [0.4, 0.5) is 5.69 Å². The van der Waals surface area contributed by atoms with Gasteiger partial charge in [0.15, 0.2) is 0 Å². The Labute approximate surface area is 120 Å². The summed E-state index contributed by atoms with van der Waals surface area (Å²) in [6, 6.07) is 7.63. The molecule has 0 atom stereocenters. The Morgan fingerprint density at radius 3 is 2.40 bits per heavy atom. The average molecular weight is 296 g/mol. The number of nitrogens with one attached hydrogen (secondary N) is 1. The fourth-order valence-electron chi connectivity index (χ4n) is 2.40. The number of hydrogen-bond donors (Lipinski definition) is 1. The highest BCUT2D eigenvalue weighted by Gasteiger charge is 2.28. The molecule has 0 aromatic heterocycles. The molecule has 1 heterocycles. The molecule has 1 amide bonds. The summed E-state index contributed by atoms with van der Waals surface area (Å²) < 4.78 is 24.3. The maximum Gasteiger partial charge on any atom is 0.227 e. The van der Waals surface area contributed by atoms with Gasteiger partial charge in [0.05, 0.1) is 6.26 Å². The van der Waals surface area contributed by atoms with Gasteiger partial charge < -0.3 is 5.32 Å². The van der Waals surface area contributed by atoms with E-state index < -0.39 is 10.0 Å². The van der Waals surface area contributed by atoms with Crippen LogP contribution in [0.5, 0.6) is 0 Å². The van der Waals surface area contributed by atoms with E-state index in [0.29, 0.717) is 25.9 Å². The van der Waals surface area contributed by atoms with Crippen LogP contribution in [-0.4, -0.2) is 38.0 Å².